The highest BCUT2D eigenvalue weighted by atomic mass is 35.5. The highest BCUT2D eigenvalue weighted by Gasteiger charge is 2.18. The Morgan fingerprint density at radius 1 is 0.860 bits per heavy atom. The molecular weight excluding hydrogens is 609 g/mol. The van der Waals surface area contributed by atoms with E-state index < -0.39 is 17.1 Å². The van der Waals surface area contributed by atoms with Crippen LogP contribution in [0.3, 0.4) is 0 Å². The minimum Gasteiger partial charge on any atom is -0.508 e. The molecule has 8 nitrogen and oxygen atoms in total. The summed E-state index contributed by atoms with van der Waals surface area (Å²) in [6, 6.07) is 24.7. The molecule has 1 atom stereocenters. The Morgan fingerprint density at radius 3 is 2.33 bits per heavy atom. The second-order valence-corrected chi connectivity index (χ2v) is 11.4. The quantitative estimate of drug-likeness (QED) is 0.108. The summed E-state index contributed by atoms with van der Waals surface area (Å²) in [5, 5.41) is 18.4. The fraction of sp³-hybridized carbons (Fsp3) is 0.0938. The summed E-state index contributed by atoms with van der Waals surface area (Å²) in [4.78, 5) is 39.9. The van der Waals surface area contributed by atoms with Crippen LogP contribution in [0.25, 0.3) is 6.08 Å². The van der Waals surface area contributed by atoms with Crippen molar-refractivity contribution < 1.29 is 24.2 Å². The van der Waals surface area contributed by atoms with Crippen LogP contribution in [0.2, 0.25) is 10.0 Å². The molecule has 0 bridgehead atoms. The lowest BCUT2D eigenvalue weighted by Gasteiger charge is -2.15. The van der Waals surface area contributed by atoms with E-state index in [2.05, 4.69) is 16.0 Å². The van der Waals surface area contributed by atoms with Crippen molar-refractivity contribution in [2.24, 2.45) is 0 Å². The van der Waals surface area contributed by atoms with E-state index >= 15 is 0 Å². The van der Waals surface area contributed by atoms with Crippen molar-refractivity contribution in [2.45, 2.75) is 17.1 Å². The van der Waals surface area contributed by atoms with E-state index in [0.717, 1.165) is 4.90 Å². The fourth-order valence-corrected chi connectivity index (χ4v) is 5.06. The number of aromatic hydroxyl groups is 1. The summed E-state index contributed by atoms with van der Waals surface area (Å²) in [6.07, 6.45) is 1.46. The lowest BCUT2D eigenvalue weighted by Crippen LogP contribution is -2.30. The number of benzene rings is 4. The Morgan fingerprint density at radius 2 is 1.60 bits per heavy atom. The number of ether oxygens (including phenoxy) is 1. The van der Waals surface area contributed by atoms with Crippen LogP contribution in [-0.2, 0) is 9.59 Å². The number of thioether (sulfide) groups is 1. The summed E-state index contributed by atoms with van der Waals surface area (Å²) in [5.74, 6) is -1.01. The van der Waals surface area contributed by atoms with Crippen LogP contribution in [0.1, 0.15) is 22.8 Å². The largest absolute Gasteiger partial charge is 0.508 e. The van der Waals surface area contributed by atoms with Crippen LogP contribution >= 0.6 is 35.0 Å². The molecule has 0 saturated heterocycles. The standard InChI is InChI=1S/C32H27Cl2N3O5S/c1-19(30(39)35-23-12-14-26(33)27(34)17-23)43-25-10-6-9-22(16-25)36-32(41)28(37-31(40)20-7-4-3-5-8-20)15-21-11-13-24(38)18-29(21)42-2/h3-19,38H,1-2H3,(H,35,39)(H,36,41)(H,37,40)/b28-15+. The Labute approximate surface area is 263 Å². The van der Waals surface area contributed by atoms with Crippen molar-refractivity contribution in [1.82, 2.24) is 5.32 Å². The highest BCUT2D eigenvalue weighted by molar-refractivity contribution is 8.00. The minimum absolute atomic E-state index is 0.0116. The predicted octanol–water partition coefficient (Wildman–Crippen LogP) is 7.24. The number of phenolic OH excluding ortho intramolecular Hbond substituents is 1. The van der Waals surface area contributed by atoms with Crippen molar-refractivity contribution in [3.63, 3.8) is 0 Å². The van der Waals surface area contributed by atoms with Gasteiger partial charge in [0.1, 0.15) is 17.2 Å². The van der Waals surface area contributed by atoms with Crippen molar-refractivity contribution in [3.8, 4) is 11.5 Å². The number of halogens is 2. The van der Waals surface area contributed by atoms with Gasteiger partial charge in [-0.3, -0.25) is 14.4 Å². The number of phenols is 1. The zero-order valence-corrected chi connectivity index (χ0v) is 25.4. The van der Waals surface area contributed by atoms with Crippen LogP contribution in [0.4, 0.5) is 11.4 Å². The highest BCUT2D eigenvalue weighted by Crippen LogP contribution is 2.29. The Balaban J connectivity index is 1.51. The van der Waals surface area contributed by atoms with Gasteiger partial charge in [-0.1, -0.05) is 47.5 Å². The first-order chi connectivity index (χ1) is 20.6. The van der Waals surface area contributed by atoms with Gasteiger partial charge in [-0.2, -0.15) is 0 Å². The smallest absolute Gasteiger partial charge is 0.272 e. The summed E-state index contributed by atoms with van der Waals surface area (Å²) >= 11 is 13.3. The van der Waals surface area contributed by atoms with E-state index in [-0.39, 0.29) is 17.4 Å². The van der Waals surface area contributed by atoms with Gasteiger partial charge in [-0.05, 0) is 73.7 Å². The number of carbonyl (C=O) groups excluding carboxylic acids is 3. The third kappa shape index (κ3) is 8.78. The van der Waals surface area contributed by atoms with Crippen molar-refractivity contribution >= 4 is 70.1 Å². The molecule has 0 heterocycles. The predicted molar refractivity (Wildman–Crippen MR) is 172 cm³/mol. The van der Waals surface area contributed by atoms with Gasteiger partial charge in [-0.15, -0.1) is 11.8 Å². The average molecular weight is 637 g/mol. The number of anilines is 2. The molecule has 1 unspecified atom stereocenters. The number of nitrogens with one attached hydrogen (secondary N) is 3. The van der Waals surface area contributed by atoms with Crippen LogP contribution < -0.4 is 20.7 Å². The Hall–Kier alpha value is -4.44. The molecule has 4 aromatic carbocycles. The number of hydrogen-bond acceptors (Lipinski definition) is 6. The molecule has 0 aliphatic heterocycles. The summed E-state index contributed by atoms with van der Waals surface area (Å²) in [6.45, 7) is 1.76. The first-order valence-electron chi connectivity index (χ1n) is 12.9. The SMILES string of the molecule is COc1cc(O)ccc1/C=C(/NC(=O)c1ccccc1)C(=O)Nc1cccc(SC(C)C(=O)Nc2ccc(Cl)c(Cl)c2)c1. The summed E-state index contributed by atoms with van der Waals surface area (Å²) in [7, 11) is 1.43. The van der Waals surface area contributed by atoms with Crippen LogP contribution in [0.5, 0.6) is 11.5 Å². The zero-order valence-electron chi connectivity index (χ0n) is 23.1. The van der Waals surface area contributed by atoms with Gasteiger partial charge in [0.25, 0.3) is 11.8 Å². The van der Waals surface area contributed by atoms with Gasteiger partial charge in [0, 0.05) is 33.5 Å². The van der Waals surface area contributed by atoms with E-state index in [4.69, 9.17) is 27.9 Å². The number of hydrogen-bond donors (Lipinski definition) is 4. The third-order valence-corrected chi connectivity index (χ3v) is 7.84. The van der Waals surface area contributed by atoms with Crippen LogP contribution in [0, 0.1) is 0 Å². The van der Waals surface area contributed by atoms with Crippen LogP contribution in [0.15, 0.2) is 102 Å². The molecule has 4 N–H and O–H groups in total. The van der Waals surface area contributed by atoms with Crippen molar-refractivity contribution in [3.05, 3.63) is 118 Å². The van der Waals surface area contributed by atoms with Gasteiger partial charge in [0.2, 0.25) is 5.91 Å². The molecule has 11 heteroatoms. The summed E-state index contributed by atoms with van der Waals surface area (Å²) < 4.78 is 5.34. The van der Waals surface area contributed by atoms with E-state index in [9.17, 15) is 19.5 Å². The molecule has 0 saturated carbocycles. The molecule has 0 aliphatic rings. The van der Waals surface area contributed by atoms with Crippen molar-refractivity contribution in [2.75, 3.05) is 17.7 Å². The molecule has 4 aromatic rings. The van der Waals surface area contributed by atoms with Crippen molar-refractivity contribution in [1.29, 1.82) is 0 Å². The molecule has 3 amide bonds. The van der Waals surface area contributed by atoms with Gasteiger partial charge in [0.05, 0.1) is 22.4 Å². The van der Waals surface area contributed by atoms with Gasteiger partial charge in [-0.25, -0.2) is 0 Å². The number of rotatable bonds is 10. The molecular formula is C32H27Cl2N3O5S. The molecule has 0 radical (unpaired) electrons. The first-order valence-corrected chi connectivity index (χ1v) is 14.6. The Kier molecular flexibility index (Phi) is 10.7. The monoisotopic (exact) mass is 635 g/mol. The molecule has 43 heavy (non-hydrogen) atoms. The van der Waals surface area contributed by atoms with E-state index in [1.807, 2.05) is 6.07 Å². The van der Waals surface area contributed by atoms with Crippen LogP contribution in [-0.4, -0.2) is 35.2 Å². The van der Waals surface area contributed by atoms with Gasteiger partial charge in [0.15, 0.2) is 0 Å². The average Bonchev–Trinajstić information content (AvgIpc) is 2.99. The lowest BCUT2D eigenvalue weighted by molar-refractivity contribution is -0.115. The normalized spacial score (nSPS) is 11.8. The molecule has 0 aromatic heterocycles. The van der Waals surface area contributed by atoms with E-state index in [1.54, 1.807) is 79.7 Å². The zero-order chi connectivity index (χ0) is 30.9. The fourth-order valence-electron chi connectivity index (χ4n) is 3.84. The molecule has 4 rings (SSSR count). The lowest BCUT2D eigenvalue weighted by atomic mass is 10.1. The number of carbonyl (C=O) groups is 3. The second-order valence-electron chi connectivity index (χ2n) is 9.16. The van der Waals surface area contributed by atoms with E-state index in [0.29, 0.717) is 38.3 Å². The van der Waals surface area contributed by atoms with E-state index in [1.165, 1.54) is 37.1 Å². The third-order valence-electron chi connectivity index (χ3n) is 6.01. The molecule has 0 fully saturated rings. The topological polar surface area (TPSA) is 117 Å². The second kappa shape index (κ2) is 14.6. The molecule has 0 aliphatic carbocycles. The minimum atomic E-state index is -0.591. The maximum Gasteiger partial charge on any atom is 0.272 e. The maximum atomic E-state index is 13.5. The maximum absolute atomic E-state index is 13.5. The van der Waals surface area contributed by atoms with Gasteiger partial charge >= 0.3 is 0 Å². The number of amides is 3. The molecule has 220 valence electrons. The molecule has 0 spiro atoms. The summed E-state index contributed by atoms with van der Waals surface area (Å²) in [5.41, 5.74) is 1.75. The van der Waals surface area contributed by atoms with Gasteiger partial charge < -0.3 is 25.8 Å². The first kappa shape index (κ1) is 31.5. The number of methoxy groups -OCH3 is 1. The Bertz CT molecular complexity index is 1680.